The molecule has 1 aromatic rings. The highest BCUT2D eigenvalue weighted by Crippen LogP contribution is 2.33. The summed E-state index contributed by atoms with van der Waals surface area (Å²) < 4.78 is 5.77. The van der Waals surface area contributed by atoms with Gasteiger partial charge in [-0.3, -0.25) is 9.69 Å². The molecule has 25 heavy (non-hydrogen) atoms. The summed E-state index contributed by atoms with van der Waals surface area (Å²) in [5.74, 6) is 2.43. The van der Waals surface area contributed by atoms with Gasteiger partial charge < -0.3 is 9.64 Å². The Kier molecular flexibility index (Phi) is 4.72. The van der Waals surface area contributed by atoms with Crippen LogP contribution < -0.4 is 4.74 Å². The van der Waals surface area contributed by atoms with E-state index in [0.717, 1.165) is 49.7 Å². The molecule has 2 fully saturated rings. The molecule has 1 aromatic carbocycles. The lowest BCUT2D eigenvalue weighted by atomic mass is 10.0. The Labute approximate surface area is 151 Å². The van der Waals surface area contributed by atoms with Crippen molar-refractivity contribution in [2.45, 2.75) is 45.6 Å². The highest BCUT2D eigenvalue weighted by atomic mass is 16.5. The number of para-hydroxylation sites is 1. The fraction of sp³-hybridized carbons (Fsp3) is 0.667. The lowest BCUT2D eigenvalue weighted by Crippen LogP contribution is -2.46. The van der Waals surface area contributed by atoms with Crippen LogP contribution in [0.25, 0.3) is 0 Å². The molecule has 1 unspecified atom stereocenters. The molecule has 1 amide bonds. The number of ether oxygens (including phenoxy) is 1. The third-order valence-corrected chi connectivity index (χ3v) is 5.94. The molecule has 136 valence electrons. The second-order valence-electron chi connectivity index (χ2n) is 8.25. The molecule has 1 aliphatic carbocycles. The van der Waals surface area contributed by atoms with E-state index in [4.69, 9.17) is 4.74 Å². The van der Waals surface area contributed by atoms with E-state index in [1.165, 1.54) is 24.9 Å². The molecule has 1 saturated heterocycles. The Balaban J connectivity index is 1.53. The summed E-state index contributed by atoms with van der Waals surface area (Å²) in [6.07, 6.45) is 4.76. The summed E-state index contributed by atoms with van der Waals surface area (Å²) in [5, 5.41) is 0. The molecule has 4 rings (SSSR count). The zero-order valence-electron chi connectivity index (χ0n) is 15.5. The minimum atomic E-state index is 0.151. The number of nitrogens with zero attached hydrogens (tertiary/aromatic N) is 2. The first-order chi connectivity index (χ1) is 12.1. The normalized spacial score (nSPS) is 24.1. The molecule has 0 bridgehead atoms. The number of rotatable bonds is 4. The van der Waals surface area contributed by atoms with E-state index in [0.29, 0.717) is 18.6 Å². The predicted octanol–water partition coefficient (Wildman–Crippen LogP) is 3.20. The summed E-state index contributed by atoms with van der Waals surface area (Å²) in [5.41, 5.74) is 1.93. The van der Waals surface area contributed by atoms with Crippen LogP contribution in [0.5, 0.6) is 5.75 Å². The zero-order chi connectivity index (χ0) is 17.4. The van der Waals surface area contributed by atoms with E-state index >= 15 is 0 Å². The lowest BCUT2D eigenvalue weighted by Gasteiger charge is -2.34. The topological polar surface area (TPSA) is 32.8 Å². The van der Waals surface area contributed by atoms with Crippen LogP contribution in [0.15, 0.2) is 18.2 Å². The molecule has 4 heteroatoms. The quantitative estimate of drug-likeness (QED) is 0.842. The van der Waals surface area contributed by atoms with Gasteiger partial charge in [0.05, 0.1) is 12.2 Å². The summed E-state index contributed by atoms with van der Waals surface area (Å²) in [6, 6.07) is 6.47. The van der Waals surface area contributed by atoms with Crippen molar-refractivity contribution in [3.63, 3.8) is 0 Å². The van der Waals surface area contributed by atoms with E-state index in [-0.39, 0.29) is 5.91 Å². The SMILES string of the molecule is CC(C)C1CN(C(=O)c2cccc3c2OCC3)CCCN1CC1CC1. The van der Waals surface area contributed by atoms with Gasteiger partial charge in [-0.05, 0) is 42.7 Å². The van der Waals surface area contributed by atoms with Gasteiger partial charge in [-0.1, -0.05) is 26.0 Å². The maximum atomic E-state index is 13.2. The summed E-state index contributed by atoms with van der Waals surface area (Å²) >= 11 is 0. The third kappa shape index (κ3) is 3.55. The largest absolute Gasteiger partial charge is 0.492 e. The third-order valence-electron chi connectivity index (χ3n) is 5.94. The van der Waals surface area contributed by atoms with Gasteiger partial charge in [0.2, 0.25) is 0 Å². The molecule has 1 atom stereocenters. The van der Waals surface area contributed by atoms with Crippen LogP contribution in [0.3, 0.4) is 0 Å². The molecular formula is C21H30N2O2. The Morgan fingerprint density at radius 2 is 2.12 bits per heavy atom. The number of carbonyl (C=O) groups excluding carboxylic acids is 1. The molecule has 0 N–H and O–H groups in total. The van der Waals surface area contributed by atoms with Crippen LogP contribution in [0, 0.1) is 11.8 Å². The first kappa shape index (κ1) is 16.9. The summed E-state index contributed by atoms with van der Waals surface area (Å²) in [7, 11) is 0. The average Bonchev–Trinajstić information content (AvgIpc) is 3.33. The minimum absolute atomic E-state index is 0.151. The van der Waals surface area contributed by atoms with Gasteiger partial charge >= 0.3 is 0 Å². The number of fused-ring (bicyclic) bond motifs is 1. The first-order valence-electron chi connectivity index (χ1n) is 9.91. The lowest BCUT2D eigenvalue weighted by molar-refractivity contribution is 0.0701. The van der Waals surface area contributed by atoms with Gasteiger partial charge in [0.15, 0.2) is 0 Å². The fourth-order valence-electron chi connectivity index (χ4n) is 4.29. The number of hydrogen-bond acceptors (Lipinski definition) is 3. The molecule has 1 saturated carbocycles. The minimum Gasteiger partial charge on any atom is -0.492 e. The highest BCUT2D eigenvalue weighted by Gasteiger charge is 2.34. The Morgan fingerprint density at radius 3 is 2.88 bits per heavy atom. The summed E-state index contributed by atoms with van der Waals surface area (Å²) in [6.45, 7) is 9.31. The van der Waals surface area contributed by atoms with Crippen LogP contribution in [-0.2, 0) is 6.42 Å². The molecule has 0 aromatic heterocycles. The maximum absolute atomic E-state index is 13.2. The molecular weight excluding hydrogens is 312 g/mol. The first-order valence-corrected chi connectivity index (χ1v) is 9.91. The Morgan fingerprint density at radius 1 is 1.28 bits per heavy atom. The van der Waals surface area contributed by atoms with Crippen molar-refractivity contribution in [2.75, 3.05) is 32.8 Å². The molecule has 2 heterocycles. The highest BCUT2D eigenvalue weighted by molar-refractivity contribution is 5.97. The van der Waals surface area contributed by atoms with Crippen molar-refractivity contribution < 1.29 is 9.53 Å². The number of benzene rings is 1. The van der Waals surface area contributed by atoms with Crippen molar-refractivity contribution in [1.29, 1.82) is 0 Å². The van der Waals surface area contributed by atoms with E-state index < -0.39 is 0 Å². The second kappa shape index (κ2) is 6.99. The molecule has 0 spiro atoms. The monoisotopic (exact) mass is 342 g/mol. The van der Waals surface area contributed by atoms with Gasteiger partial charge in [-0.25, -0.2) is 0 Å². The van der Waals surface area contributed by atoms with E-state index in [9.17, 15) is 4.79 Å². The molecule has 0 radical (unpaired) electrons. The molecule has 2 aliphatic heterocycles. The van der Waals surface area contributed by atoms with E-state index in [1.807, 2.05) is 12.1 Å². The number of amides is 1. The smallest absolute Gasteiger partial charge is 0.257 e. The van der Waals surface area contributed by atoms with Gasteiger partial charge in [0.1, 0.15) is 5.75 Å². The van der Waals surface area contributed by atoms with Crippen molar-refractivity contribution in [3.8, 4) is 5.75 Å². The van der Waals surface area contributed by atoms with Crippen LogP contribution in [0.1, 0.15) is 49.0 Å². The van der Waals surface area contributed by atoms with Gasteiger partial charge in [0, 0.05) is 38.6 Å². The number of hydrogen-bond donors (Lipinski definition) is 0. The standard InChI is InChI=1S/C21H30N2O2/c1-15(2)19-14-23(11-4-10-22(19)13-16-7-8-16)21(24)18-6-3-5-17-9-12-25-20(17)18/h3,5-6,15-16,19H,4,7-14H2,1-2H3. The van der Waals surface area contributed by atoms with Crippen LogP contribution in [-0.4, -0.2) is 54.5 Å². The van der Waals surface area contributed by atoms with Crippen molar-refractivity contribution >= 4 is 5.91 Å². The fourth-order valence-corrected chi connectivity index (χ4v) is 4.29. The molecule has 3 aliphatic rings. The van der Waals surface area contributed by atoms with E-state index in [1.54, 1.807) is 0 Å². The zero-order valence-corrected chi connectivity index (χ0v) is 15.5. The summed E-state index contributed by atoms with van der Waals surface area (Å²) in [4.78, 5) is 18.0. The van der Waals surface area contributed by atoms with Crippen molar-refractivity contribution in [1.82, 2.24) is 9.80 Å². The van der Waals surface area contributed by atoms with Gasteiger partial charge in [-0.2, -0.15) is 0 Å². The number of carbonyl (C=O) groups is 1. The average molecular weight is 342 g/mol. The van der Waals surface area contributed by atoms with Gasteiger partial charge in [0.25, 0.3) is 5.91 Å². The second-order valence-corrected chi connectivity index (χ2v) is 8.25. The van der Waals surface area contributed by atoms with Gasteiger partial charge in [-0.15, -0.1) is 0 Å². The van der Waals surface area contributed by atoms with Crippen LogP contribution in [0.2, 0.25) is 0 Å². The van der Waals surface area contributed by atoms with E-state index in [2.05, 4.69) is 29.7 Å². The Hall–Kier alpha value is -1.55. The molecule has 4 nitrogen and oxygen atoms in total. The van der Waals surface area contributed by atoms with Crippen molar-refractivity contribution in [2.24, 2.45) is 11.8 Å². The van der Waals surface area contributed by atoms with Crippen molar-refractivity contribution in [3.05, 3.63) is 29.3 Å². The Bertz CT molecular complexity index is 639. The maximum Gasteiger partial charge on any atom is 0.257 e. The predicted molar refractivity (Wildman–Crippen MR) is 99.1 cm³/mol. The van der Waals surface area contributed by atoms with Crippen LogP contribution >= 0.6 is 0 Å². The van der Waals surface area contributed by atoms with Crippen LogP contribution in [0.4, 0.5) is 0 Å².